The fourth-order valence-electron chi connectivity index (χ4n) is 5.04. The highest BCUT2D eigenvalue weighted by Gasteiger charge is 2.56. The number of aliphatic hydroxyl groups is 1. The molecule has 1 aromatic heterocycles. The second kappa shape index (κ2) is 11.0. The van der Waals surface area contributed by atoms with Crippen molar-refractivity contribution in [2.45, 2.75) is 44.4 Å². The van der Waals surface area contributed by atoms with Gasteiger partial charge in [-0.15, -0.1) is 0 Å². The van der Waals surface area contributed by atoms with E-state index in [4.69, 9.17) is 9.47 Å². The number of fused-ring (bicyclic) bond motifs is 1. The van der Waals surface area contributed by atoms with Gasteiger partial charge in [0, 0.05) is 16.6 Å². The van der Waals surface area contributed by atoms with Gasteiger partial charge in [0.25, 0.3) is 0 Å². The molecule has 1 atom stereocenters. The van der Waals surface area contributed by atoms with Gasteiger partial charge in [0.2, 0.25) is 0 Å². The first-order valence-electron chi connectivity index (χ1n) is 12.7. The molecule has 0 spiro atoms. The van der Waals surface area contributed by atoms with Crippen molar-refractivity contribution in [3.63, 3.8) is 0 Å². The van der Waals surface area contributed by atoms with Crippen molar-refractivity contribution in [3.8, 4) is 11.4 Å². The van der Waals surface area contributed by atoms with E-state index in [1.54, 1.807) is 41.9 Å². The van der Waals surface area contributed by atoms with E-state index < -0.39 is 41.9 Å². The number of nitrogens with one attached hydrogen (secondary N) is 1. The smallest absolute Gasteiger partial charge is 0.418 e. The molecule has 0 bridgehead atoms. The van der Waals surface area contributed by atoms with E-state index >= 15 is 0 Å². The summed E-state index contributed by atoms with van der Waals surface area (Å²) in [7, 11) is 2.62. The number of rotatable bonds is 9. The number of alkyl halides is 3. The fourth-order valence-corrected chi connectivity index (χ4v) is 5.04. The molecule has 4 rings (SSSR count). The van der Waals surface area contributed by atoms with Gasteiger partial charge in [0.1, 0.15) is 11.6 Å². The largest absolute Gasteiger partial charge is 0.496 e. The molecule has 7 nitrogen and oxygen atoms in total. The van der Waals surface area contributed by atoms with Crippen molar-refractivity contribution >= 4 is 22.6 Å². The third kappa shape index (κ3) is 6.00. The number of carbonyl (C=O) groups is 1. The third-order valence-corrected chi connectivity index (χ3v) is 7.07. The van der Waals surface area contributed by atoms with Gasteiger partial charge in [-0.2, -0.15) is 18.3 Å². The summed E-state index contributed by atoms with van der Waals surface area (Å²) in [5.74, 6) is -0.927. The average Bonchev–Trinajstić information content (AvgIpc) is 3.34. The van der Waals surface area contributed by atoms with Crippen LogP contribution in [0.3, 0.4) is 0 Å². The number of aromatic nitrogens is 2. The second-order valence-electron chi connectivity index (χ2n) is 10.6. The zero-order valence-corrected chi connectivity index (χ0v) is 23.3. The molecule has 0 unspecified atom stereocenters. The minimum absolute atomic E-state index is 0.205. The molecule has 0 aliphatic carbocycles. The van der Waals surface area contributed by atoms with E-state index in [0.717, 1.165) is 17.7 Å². The maximum atomic E-state index is 14.4. The number of hydrogen-bond donors (Lipinski definition) is 2. The fraction of sp³-hybridized carbons (Fsp3) is 0.333. The van der Waals surface area contributed by atoms with Crippen molar-refractivity contribution in [1.82, 2.24) is 9.78 Å². The summed E-state index contributed by atoms with van der Waals surface area (Å²) >= 11 is 0. The minimum Gasteiger partial charge on any atom is -0.496 e. The molecule has 0 aliphatic rings. The molecule has 4 aromatic rings. The Kier molecular flexibility index (Phi) is 8.04. The number of aryl methyl sites for hydroxylation is 1. The van der Waals surface area contributed by atoms with Crippen LogP contribution < -0.4 is 10.1 Å². The Morgan fingerprint density at radius 2 is 1.80 bits per heavy atom. The number of carbonyl (C=O) groups excluding carboxylic acids is 1. The molecule has 0 radical (unpaired) electrons. The maximum absolute atomic E-state index is 14.4. The van der Waals surface area contributed by atoms with Crippen molar-refractivity contribution in [1.29, 1.82) is 0 Å². The van der Waals surface area contributed by atoms with Crippen molar-refractivity contribution < 1.29 is 36.9 Å². The van der Waals surface area contributed by atoms with Crippen LogP contribution in [0.15, 0.2) is 60.8 Å². The van der Waals surface area contributed by atoms with E-state index in [2.05, 4.69) is 10.4 Å². The van der Waals surface area contributed by atoms with E-state index in [-0.39, 0.29) is 11.3 Å². The molecule has 0 saturated carbocycles. The monoisotopic (exact) mass is 573 g/mol. The highest BCUT2D eigenvalue weighted by atomic mass is 19.4. The SMILES string of the molecule is COC(=O)c1cccc(-n2ncc3c(NC[C@](O)(CC(C)(C)c4cc(F)ccc4OC)C(F)(F)F)cc(C)cc32)c1. The van der Waals surface area contributed by atoms with Crippen molar-refractivity contribution in [2.75, 3.05) is 26.1 Å². The van der Waals surface area contributed by atoms with E-state index in [0.29, 0.717) is 27.8 Å². The first-order chi connectivity index (χ1) is 19.2. The topological polar surface area (TPSA) is 85.6 Å². The third-order valence-electron chi connectivity index (χ3n) is 7.07. The molecule has 11 heteroatoms. The van der Waals surface area contributed by atoms with Crippen LogP contribution in [0.2, 0.25) is 0 Å². The minimum atomic E-state index is -5.01. The zero-order valence-electron chi connectivity index (χ0n) is 23.3. The number of hydrogen-bond acceptors (Lipinski definition) is 6. The van der Waals surface area contributed by atoms with Crippen LogP contribution in [0, 0.1) is 12.7 Å². The van der Waals surface area contributed by atoms with Gasteiger partial charge in [0.15, 0.2) is 5.60 Å². The molecule has 0 fully saturated rings. The molecule has 41 heavy (non-hydrogen) atoms. The van der Waals surface area contributed by atoms with Crippen LogP contribution in [0.1, 0.15) is 41.8 Å². The Morgan fingerprint density at radius 3 is 2.46 bits per heavy atom. The molecule has 0 saturated heterocycles. The van der Waals surface area contributed by atoms with Crippen LogP contribution in [0.4, 0.5) is 23.2 Å². The Bertz CT molecular complexity index is 1580. The van der Waals surface area contributed by atoms with Crippen molar-refractivity contribution in [2.24, 2.45) is 0 Å². The summed E-state index contributed by atoms with van der Waals surface area (Å²) in [5.41, 5.74) is -1.80. The lowest BCUT2D eigenvalue weighted by Crippen LogP contribution is -2.53. The highest BCUT2D eigenvalue weighted by molar-refractivity contribution is 5.94. The number of nitrogens with zero attached hydrogens (tertiary/aromatic N) is 2. The number of ether oxygens (including phenoxy) is 2. The molecule has 0 amide bonds. The Morgan fingerprint density at radius 1 is 1.07 bits per heavy atom. The summed E-state index contributed by atoms with van der Waals surface area (Å²) < 4.78 is 68.9. The second-order valence-corrected chi connectivity index (χ2v) is 10.6. The zero-order chi connectivity index (χ0) is 30.2. The molecular weight excluding hydrogens is 542 g/mol. The lowest BCUT2D eigenvalue weighted by Gasteiger charge is -2.38. The van der Waals surface area contributed by atoms with Crippen LogP contribution in [-0.4, -0.2) is 53.4 Å². The Hall–Kier alpha value is -4.12. The van der Waals surface area contributed by atoms with E-state index in [1.165, 1.54) is 40.3 Å². The number of benzene rings is 3. The molecule has 0 aliphatic heterocycles. The van der Waals surface area contributed by atoms with Crippen LogP contribution >= 0.6 is 0 Å². The molecular formula is C30H31F4N3O4. The summed E-state index contributed by atoms with van der Waals surface area (Å²) in [6.45, 7) is 3.90. The number of methoxy groups -OCH3 is 2. The van der Waals surface area contributed by atoms with Gasteiger partial charge in [-0.3, -0.25) is 0 Å². The summed E-state index contributed by atoms with van der Waals surface area (Å²) in [4.78, 5) is 12.0. The lowest BCUT2D eigenvalue weighted by atomic mass is 9.74. The summed E-state index contributed by atoms with van der Waals surface area (Å²) in [5, 5.41) is 18.8. The summed E-state index contributed by atoms with van der Waals surface area (Å²) in [6.07, 6.45) is -4.29. The molecule has 2 N–H and O–H groups in total. The van der Waals surface area contributed by atoms with Gasteiger partial charge in [0.05, 0.1) is 43.7 Å². The quantitative estimate of drug-likeness (QED) is 0.180. The standard InChI is InChI=1S/C30H31F4N3O4/c1-18-11-24(22-15-36-37(25(22)12-18)21-8-6-7-19(13-21)27(38)41-5)35-17-29(39,30(32,33)34)16-28(2,3)23-14-20(31)9-10-26(23)40-4/h6-15,35,39H,16-17H2,1-5H3/t29-/m1/s1. The number of esters is 1. The Labute approximate surface area is 234 Å². The number of anilines is 1. The lowest BCUT2D eigenvalue weighted by molar-refractivity contribution is -0.260. The van der Waals surface area contributed by atoms with Crippen LogP contribution in [-0.2, 0) is 10.2 Å². The van der Waals surface area contributed by atoms with Gasteiger partial charge in [-0.25, -0.2) is 13.9 Å². The molecule has 218 valence electrons. The average molecular weight is 574 g/mol. The highest BCUT2D eigenvalue weighted by Crippen LogP contribution is 2.44. The van der Waals surface area contributed by atoms with Gasteiger partial charge in [-0.05, 0) is 72.9 Å². The van der Waals surface area contributed by atoms with Crippen molar-refractivity contribution in [3.05, 3.63) is 83.3 Å². The maximum Gasteiger partial charge on any atom is 0.418 e. The molecule has 1 heterocycles. The molecule has 3 aromatic carbocycles. The predicted octanol–water partition coefficient (Wildman–Crippen LogP) is 6.34. The van der Waals surface area contributed by atoms with E-state index in [9.17, 15) is 27.5 Å². The van der Waals surface area contributed by atoms with Gasteiger partial charge in [-0.1, -0.05) is 19.9 Å². The first-order valence-corrected chi connectivity index (χ1v) is 12.7. The number of halogens is 4. The predicted molar refractivity (Wildman–Crippen MR) is 147 cm³/mol. The summed E-state index contributed by atoms with van der Waals surface area (Å²) in [6, 6.07) is 13.7. The van der Waals surface area contributed by atoms with Gasteiger partial charge >= 0.3 is 12.1 Å². The van der Waals surface area contributed by atoms with Crippen LogP contribution in [0.25, 0.3) is 16.6 Å². The first kappa shape index (κ1) is 29.9. The van der Waals surface area contributed by atoms with Gasteiger partial charge < -0.3 is 19.9 Å². The normalized spacial score (nSPS) is 13.6. The Balaban J connectivity index is 1.69. The van der Waals surface area contributed by atoms with Crippen LogP contribution in [0.5, 0.6) is 5.75 Å². The van der Waals surface area contributed by atoms with E-state index in [1.807, 2.05) is 6.07 Å².